The molecule has 0 radical (unpaired) electrons. The molecule has 82 heavy (non-hydrogen) atoms. The number of fused-ring (bicyclic) bond motifs is 2. The Balaban J connectivity index is 1.02. The molecule has 8 rings (SSSR count). The fraction of sp³-hybridized carbons (Fsp3) is 0. The Bertz CT molecular complexity index is 4840. The second-order valence-electron chi connectivity index (χ2n) is 16.6. The van der Waals surface area contributed by atoms with Gasteiger partial charge >= 0.3 is 6.03 Å². The summed E-state index contributed by atoms with van der Waals surface area (Å²) >= 11 is 0. The number of aromatic hydroxyl groups is 2. The number of amides is 2. The van der Waals surface area contributed by atoms with Gasteiger partial charge in [0.2, 0.25) is 0 Å². The molecule has 8 aromatic carbocycles. The summed E-state index contributed by atoms with van der Waals surface area (Å²) in [6.07, 6.45) is 0. The first-order chi connectivity index (χ1) is 38.1. The topological polar surface area (TPSA) is 507 Å². The summed E-state index contributed by atoms with van der Waals surface area (Å²) in [4.78, 5) is 8.53. The van der Waals surface area contributed by atoms with E-state index in [4.69, 9.17) is 9.11 Å². The zero-order chi connectivity index (χ0) is 59.9. The molecular weight excluding hydrogens is 1210 g/mol. The summed E-state index contributed by atoms with van der Waals surface area (Å²) < 4.78 is 204. The highest BCUT2D eigenvalue weighted by Gasteiger charge is 2.25. The maximum Gasteiger partial charge on any atom is 0.323 e. The lowest BCUT2D eigenvalue weighted by molar-refractivity contribution is 0.262. The number of urea groups is 1. The summed E-state index contributed by atoms with van der Waals surface area (Å²) in [5.74, 6) is -1.56. The fourth-order valence-electron chi connectivity index (χ4n) is 7.25. The molecule has 0 aliphatic rings. The third kappa shape index (κ3) is 13.9. The molecule has 0 aliphatic carbocycles. The monoisotopic (exact) mass is 1240 g/mol. The minimum absolute atomic E-state index is 0.0525. The number of anilines is 2. The Morgan fingerprint density at radius 3 is 1.21 bits per heavy atom. The SMILES string of the molecule is O=C(Nc1cc(O)c2cc(N=Nc3ccc(N=Nc4ccc(S(=O)(=O)O)cc4)cc3S(=O)(=O)O)c(S(=O)(=O)O)cc2c1)Nc1ccc2c(O)c(N=Nc3ccc(N=Nc4ccc(S(=O)(=O)O)cc4)cc3S(=O)(=O)O)c(S(=O)(=O)O)cc2c1. The number of hydrogen-bond acceptors (Lipinski definition) is 23. The maximum absolute atomic E-state index is 13.3. The average molecular weight is 1240 g/mol. The van der Waals surface area contributed by atoms with Gasteiger partial charge in [-0.05, 0) is 138 Å². The second kappa shape index (κ2) is 22.2. The van der Waals surface area contributed by atoms with Gasteiger partial charge in [-0.3, -0.25) is 27.3 Å². The molecule has 37 heteroatoms. The van der Waals surface area contributed by atoms with E-state index in [-0.39, 0.29) is 55.7 Å². The maximum atomic E-state index is 13.3. The third-order valence-electron chi connectivity index (χ3n) is 10.9. The molecule has 0 atom stereocenters. The van der Waals surface area contributed by atoms with E-state index in [1.54, 1.807) is 0 Å². The molecule has 10 N–H and O–H groups in total. The molecule has 2 amide bonds. The van der Waals surface area contributed by atoms with Crippen LogP contribution in [0.25, 0.3) is 21.5 Å². The Kier molecular flexibility index (Phi) is 16.0. The van der Waals surface area contributed by atoms with Crippen molar-refractivity contribution < 1.29 is 92.8 Å². The van der Waals surface area contributed by atoms with E-state index >= 15 is 0 Å². The Morgan fingerprint density at radius 2 is 0.732 bits per heavy atom. The first-order valence-corrected chi connectivity index (χ1v) is 30.4. The van der Waals surface area contributed by atoms with E-state index in [0.717, 1.165) is 115 Å². The van der Waals surface area contributed by atoms with E-state index in [2.05, 4.69) is 51.5 Å². The number of phenols is 2. The van der Waals surface area contributed by atoms with Crippen molar-refractivity contribution in [2.24, 2.45) is 40.9 Å². The van der Waals surface area contributed by atoms with E-state index in [1.807, 2.05) is 0 Å². The van der Waals surface area contributed by atoms with Gasteiger partial charge in [0.25, 0.3) is 60.7 Å². The van der Waals surface area contributed by atoms with Crippen LogP contribution < -0.4 is 10.6 Å². The van der Waals surface area contributed by atoms with Crippen LogP contribution in [-0.2, 0) is 60.7 Å². The van der Waals surface area contributed by atoms with Crippen molar-refractivity contribution in [1.29, 1.82) is 0 Å². The third-order valence-corrected chi connectivity index (χ3v) is 16.2. The molecule has 424 valence electrons. The minimum Gasteiger partial charge on any atom is -0.507 e. The van der Waals surface area contributed by atoms with Gasteiger partial charge in [-0.2, -0.15) is 71.0 Å². The van der Waals surface area contributed by atoms with Crippen molar-refractivity contribution in [1.82, 2.24) is 0 Å². The number of carbonyl (C=O) groups excluding carboxylic acids is 1. The molecule has 8 aromatic rings. The number of hydrogen-bond donors (Lipinski definition) is 10. The van der Waals surface area contributed by atoms with Crippen molar-refractivity contribution in [3.05, 3.63) is 133 Å². The van der Waals surface area contributed by atoms with Gasteiger partial charge in [0, 0.05) is 28.2 Å². The molecule has 0 saturated carbocycles. The number of nitrogens with zero attached hydrogens (tertiary/aromatic N) is 8. The number of azo groups is 4. The highest BCUT2D eigenvalue weighted by molar-refractivity contribution is 7.87. The van der Waals surface area contributed by atoms with Gasteiger partial charge < -0.3 is 20.8 Å². The molecule has 0 saturated heterocycles. The highest BCUT2D eigenvalue weighted by Crippen LogP contribution is 2.44. The molecule has 31 nitrogen and oxygen atoms in total. The Labute approximate surface area is 461 Å². The summed E-state index contributed by atoms with van der Waals surface area (Å²) in [5, 5.41) is 56.5. The summed E-state index contributed by atoms with van der Waals surface area (Å²) in [5.41, 5.74) is -3.37. The fourth-order valence-corrected chi connectivity index (χ4v) is 10.8. The van der Waals surface area contributed by atoms with Crippen LogP contribution in [0.4, 0.5) is 61.7 Å². The molecule has 0 spiro atoms. The normalized spacial score (nSPS) is 13.0. The van der Waals surface area contributed by atoms with Crippen molar-refractivity contribution in [3.8, 4) is 11.5 Å². The molecule has 0 bridgehead atoms. The summed E-state index contributed by atoms with van der Waals surface area (Å²) in [6.45, 7) is 0. The van der Waals surface area contributed by atoms with Gasteiger partial charge in [0.15, 0.2) is 5.75 Å². The second-order valence-corrected chi connectivity index (χ2v) is 25.0. The molecule has 0 aliphatic heterocycles. The molecular formula is C45H32N10O21S6. The number of carbonyl (C=O) groups is 1. The van der Waals surface area contributed by atoms with Crippen molar-refractivity contribution in [2.45, 2.75) is 29.4 Å². The van der Waals surface area contributed by atoms with Crippen LogP contribution in [0.2, 0.25) is 0 Å². The molecule has 0 fully saturated rings. The zero-order valence-corrected chi connectivity index (χ0v) is 45.0. The van der Waals surface area contributed by atoms with Crippen LogP contribution in [0.5, 0.6) is 11.5 Å². The Hall–Kier alpha value is -8.99. The van der Waals surface area contributed by atoms with Gasteiger partial charge in [-0.25, -0.2) is 4.79 Å². The number of nitrogens with one attached hydrogen (secondary N) is 2. The lowest BCUT2D eigenvalue weighted by Gasteiger charge is -2.13. The van der Waals surface area contributed by atoms with E-state index in [1.165, 1.54) is 18.2 Å². The van der Waals surface area contributed by atoms with Gasteiger partial charge in [0.1, 0.15) is 48.1 Å². The molecule has 0 aromatic heterocycles. The van der Waals surface area contributed by atoms with Crippen LogP contribution in [0.3, 0.4) is 0 Å². The summed E-state index contributed by atoms with van der Waals surface area (Å²) in [6, 6.07) is 21.7. The van der Waals surface area contributed by atoms with Crippen LogP contribution in [0.1, 0.15) is 0 Å². The van der Waals surface area contributed by atoms with Crippen LogP contribution in [0, 0.1) is 0 Å². The lowest BCUT2D eigenvalue weighted by Crippen LogP contribution is -2.19. The van der Waals surface area contributed by atoms with Crippen molar-refractivity contribution in [3.63, 3.8) is 0 Å². The molecule has 0 unspecified atom stereocenters. The number of benzene rings is 8. The minimum atomic E-state index is -5.29. The standard InChI is InChI=1S/C45H32N10O21S6/c56-38-19-30(16-24-17-39(79(65,66)67)37(22-34(24)38)54-52-35-13-6-28(20-40(35)80(68,69)70)50-48-25-1-8-31(9-2-25)77(59,60)61)47-45(58)46-27-5-12-33-23(15-27)18-42(82(74,75)76)43(44(33)57)55-53-36-14-7-29(21-41(36)81(71,72)73)51-49-26-3-10-32(11-4-26)78(62,63)64/h1-22,56-57H,(H2,46,47,58)(H,59,60,61)(H,62,63,64)(H,65,66,67)(H,68,69,70)(H,71,72,73)(H,74,75,76). The number of rotatable bonds is 16. The van der Waals surface area contributed by atoms with E-state index < -0.39 is 130 Å². The number of phenolic OH excluding ortho intramolecular Hbond substituents is 2. The van der Waals surface area contributed by atoms with Gasteiger partial charge in [0.05, 0.1) is 32.5 Å². The van der Waals surface area contributed by atoms with E-state index in [0.29, 0.717) is 0 Å². The van der Waals surface area contributed by atoms with Gasteiger partial charge in [-0.1, -0.05) is 0 Å². The molecule has 0 heterocycles. The summed E-state index contributed by atoms with van der Waals surface area (Å²) in [7, 11) is -29.8. The smallest absolute Gasteiger partial charge is 0.323 e. The van der Waals surface area contributed by atoms with Crippen molar-refractivity contribution >= 4 is 145 Å². The average Bonchev–Trinajstić information content (AvgIpc) is 2.58. The van der Waals surface area contributed by atoms with Crippen LogP contribution >= 0.6 is 0 Å². The van der Waals surface area contributed by atoms with E-state index in [9.17, 15) is 83.7 Å². The van der Waals surface area contributed by atoms with Crippen LogP contribution in [0.15, 0.2) is 204 Å². The predicted molar refractivity (Wildman–Crippen MR) is 285 cm³/mol. The zero-order valence-electron chi connectivity index (χ0n) is 40.1. The predicted octanol–water partition coefficient (Wildman–Crippen LogP) is 10.2. The largest absolute Gasteiger partial charge is 0.507 e. The van der Waals surface area contributed by atoms with Crippen LogP contribution in [-0.4, -0.2) is 94.1 Å². The van der Waals surface area contributed by atoms with Gasteiger partial charge in [-0.15, -0.1) is 20.5 Å². The highest BCUT2D eigenvalue weighted by atomic mass is 32.2. The first-order valence-electron chi connectivity index (χ1n) is 21.8. The Morgan fingerprint density at radius 1 is 0.341 bits per heavy atom. The first kappa shape index (κ1) is 59.1. The quantitative estimate of drug-likeness (QED) is 0.0317. The lowest BCUT2D eigenvalue weighted by atomic mass is 10.1. The van der Waals surface area contributed by atoms with Crippen molar-refractivity contribution in [2.75, 3.05) is 10.6 Å².